The molecule has 4 nitrogen and oxygen atoms in total. The SMILES string of the molecule is CN(CC(=O)NC1(C#N)CCCC1)Cc1ccc(Cl)cc1Cl. The standard InChI is InChI=1S/C16H19Cl2N3O/c1-21(9-12-4-5-13(17)8-14(12)18)10-15(22)20-16(11-19)6-2-3-7-16/h4-5,8H,2-3,6-7,9-10H2,1H3,(H,20,22). The number of benzene rings is 1. The lowest BCUT2D eigenvalue weighted by molar-refractivity contribution is -0.123. The molecule has 0 atom stereocenters. The molecule has 0 aromatic heterocycles. The van der Waals surface area contributed by atoms with E-state index in [1.165, 1.54) is 0 Å². The van der Waals surface area contributed by atoms with E-state index in [9.17, 15) is 10.1 Å². The van der Waals surface area contributed by atoms with E-state index >= 15 is 0 Å². The number of hydrogen-bond donors (Lipinski definition) is 1. The van der Waals surface area contributed by atoms with Gasteiger partial charge in [0, 0.05) is 16.6 Å². The first-order valence-electron chi connectivity index (χ1n) is 7.29. The molecule has 0 unspecified atom stereocenters. The number of likely N-dealkylation sites (N-methyl/N-ethyl adjacent to an activating group) is 1. The van der Waals surface area contributed by atoms with Gasteiger partial charge in [0.05, 0.1) is 12.6 Å². The normalized spacial score (nSPS) is 16.5. The topological polar surface area (TPSA) is 56.1 Å². The lowest BCUT2D eigenvalue weighted by atomic mass is 10.00. The number of amides is 1. The number of rotatable bonds is 5. The van der Waals surface area contributed by atoms with Crippen LogP contribution in [0.3, 0.4) is 0 Å². The van der Waals surface area contributed by atoms with Crippen molar-refractivity contribution >= 4 is 29.1 Å². The highest BCUT2D eigenvalue weighted by Crippen LogP contribution is 2.28. The number of carbonyl (C=O) groups is 1. The van der Waals surface area contributed by atoms with Crippen molar-refractivity contribution in [1.82, 2.24) is 10.2 Å². The number of nitrogens with zero attached hydrogens (tertiary/aromatic N) is 2. The first-order valence-corrected chi connectivity index (χ1v) is 8.04. The molecule has 1 N–H and O–H groups in total. The second-order valence-electron chi connectivity index (χ2n) is 5.86. The summed E-state index contributed by atoms with van der Waals surface area (Å²) in [5.74, 6) is -0.129. The quantitative estimate of drug-likeness (QED) is 0.894. The minimum Gasteiger partial charge on any atom is -0.337 e. The van der Waals surface area contributed by atoms with Gasteiger partial charge in [-0.15, -0.1) is 0 Å². The number of halogens is 2. The summed E-state index contributed by atoms with van der Waals surface area (Å²) in [6.45, 7) is 0.769. The van der Waals surface area contributed by atoms with Crippen LogP contribution in [0.5, 0.6) is 0 Å². The van der Waals surface area contributed by atoms with Crippen LogP contribution in [0, 0.1) is 11.3 Å². The fraction of sp³-hybridized carbons (Fsp3) is 0.500. The van der Waals surface area contributed by atoms with Crippen molar-refractivity contribution in [2.24, 2.45) is 0 Å². The Balaban J connectivity index is 1.90. The van der Waals surface area contributed by atoms with Crippen molar-refractivity contribution in [2.45, 2.75) is 37.8 Å². The summed E-state index contributed by atoms with van der Waals surface area (Å²) >= 11 is 12.0. The van der Waals surface area contributed by atoms with Gasteiger partial charge in [-0.1, -0.05) is 29.3 Å². The van der Waals surface area contributed by atoms with E-state index < -0.39 is 5.54 Å². The molecule has 0 heterocycles. The van der Waals surface area contributed by atoms with E-state index in [0.29, 0.717) is 16.6 Å². The van der Waals surface area contributed by atoms with Crippen LogP contribution in [-0.4, -0.2) is 29.9 Å². The van der Waals surface area contributed by atoms with Crippen molar-refractivity contribution in [2.75, 3.05) is 13.6 Å². The molecule has 1 aromatic carbocycles. The molecule has 0 radical (unpaired) electrons. The van der Waals surface area contributed by atoms with Crippen molar-refractivity contribution in [3.63, 3.8) is 0 Å². The van der Waals surface area contributed by atoms with Crippen molar-refractivity contribution in [1.29, 1.82) is 5.26 Å². The zero-order valence-corrected chi connectivity index (χ0v) is 14.0. The molecule has 1 saturated carbocycles. The zero-order chi connectivity index (χ0) is 16.2. The van der Waals surface area contributed by atoms with Crippen LogP contribution < -0.4 is 5.32 Å². The van der Waals surface area contributed by atoms with Gasteiger partial charge in [-0.2, -0.15) is 5.26 Å². The average molecular weight is 340 g/mol. The number of nitrogens with one attached hydrogen (secondary N) is 1. The summed E-state index contributed by atoms with van der Waals surface area (Å²) in [5.41, 5.74) is 0.243. The Morgan fingerprint density at radius 2 is 2.09 bits per heavy atom. The van der Waals surface area contributed by atoms with Gasteiger partial charge in [0.15, 0.2) is 0 Å². The Hall–Kier alpha value is -1.28. The van der Waals surface area contributed by atoms with Crippen LogP contribution in [-0.2, 0) is 11.3 Å². The fourth-order valence-corrected chi connectivity index (χ4v) is 3.26. The second kappa shape index (κ2) is 7.32. The van der Waals surface area contributed by atoms with Crippen LogP contribution >= 0.6 is 23.2 Å². The molecule has 118 valence electrons. The summed E-state index contributed by atoms with van der Waals surface area (Å²) in [6, 6.07) is 7.58. The predicted molar refractivity (Wildman–Crippen MR) is 87.8 cm³/mol. The molecule has 6 heteroatoms. The van der Waals surface area contributed by atoms with Crippen molar-refractivity contribution in [3.05, 3.63) is 33.8 Å². The maximum absolute atomic E-state index is 12.1. The third-order valence-corrected chi connectivity index (χ3v) is 4.51. The predicted octanol–water partition coefficient (Wildman–Crippen LogP) is 3.38. The molecule has 1 aromatic rings. The Morgan fingerprint density at radius 1 is 1.41 bits per heavy atom. The Bertz CT molecular complexity index is 592. The molecular formula is C16H19Cl2N3O. The lowest BCUT2D eigenvalue weighted by Crippen LogP contribution is -2.48. The summed E-state index contributed by atoms with van der Waals surface area (Å²) < 4.78 is 0. The van der Waals surface area contributed by atoms with E-state index in [-0.39, 0.29) is 12.5 Å². The van der Waals surface area contributed by atoms with Crippen LogP contribution in [0.25, 0.3) is 0 Å². The van der Waals surface area contributed by atoms with Crippen LogP contribution in [0.15, 0.2) is 18.2 Å². The smallest absolute Gasteiger partial charge is 0.235 e. The minimum atomic E-state index is -0.671. The summed E-state index contributed by atoms with van der Waals surface area (Å²) in [7, 11) is 1.85. The van der Waals surface area contributed by atoms with Gasteiger partial charge < -0.3 is 5.32 Å². The third-order valence-electron chi connectivity index (χ3n) is 3.92. The molecule has 1 amide bonds. The molecule has 1 aliphatic rings. The van der Waals surface area contributed by atoms with Crippen LogP contribution in [0.2, 0.25) is 10.0 Å². The molecule has 0 saturated heterocycles. The molecule has 22 heavy (non-hydrogen) atoms. The molecule has 0 bridgehead atoms. The maximum atomic E-state index is 12.1. The summed E-state index contributed by atoms with van der Waals surface area (Å²) in [6.07, 6.45) is 3.46. The van der Waals surface area contributed by atoms with Gasteiger partial charge >= 0.3 is 0 Å². The van der Waals surface area contributed by atoms with Crippen molar-refractivity contribution in [3.8, 4) is 6.07 Å². The maximum Gasteiger partial charge on any atom is 0.235 e. The lowest BCUT2D eigenvalue weighted by Gasteiger charge is -2.24. The highest BCUT2D eigenvalue weighted by molar-refractivity contribution is 6.35. The third kappa shape index (κ3) is 4.36. The molecular weight excluding hydrogens is 321 g/mol. The molecule has 2 rings (SSSR count). The number of nitriles is 1. The monoisotopic (exact) mass is 339 g/mol. The van der Waals surface area contributed by atoms with Crippen LogP contribution in [0.4, 0.5) is 0 Å². The second-order valence-corrected chi connectivity index (χ2v) is 6.70. The first kappa shape index (κ1) is 17.1. The number of hydrogen-bond acceptors (Lipinski definition) is 3. The van der Waals surface area contributed by atoms with Gasteiger partial charge in [-0.25, -0.2) is 0 Å². The van der Waals surface area contributed by atoms with Gasteiger partial charge in [0.1, 0.15) is 5.54 Å². The molecule has 0 aliphatic heterocycles. The van der Waals surface area contributed by atoms with Crippen molar-refractivity contribution < 1.29 is 4.79 Å². The molecule has 1 aliphatic carbocycles. The Labute approximate surface area is 141 Å². The fourth-order valence-electron chi connectivity index (χ4n) is 2.79. The average Bonchev–Trinajstić information content (AvgIpc) is 2.91. The van der Waals surface area contributed by atoms with Gasteiger partial charge in [0.25, 0.3) is 0 Å². The highest BCUT2D eigenvalue weighted by Gasteiger charge is 2.35. The Kier molecular flexibility index (Phi) is 5.69. The number of carbonyl (C=O) groups excluding carboxylic acids is 1. The largest absolute Gasteiger partial charge is 0.337 e. The summed E-state index contributed by atoms with van der Waals surface area (Å²) in [5, 5.41) is 13.4. The van der Waals surface area contributed by atoms with Crippen LogP contribution in [0.1, 0.15) is 31.2 Å². The van der Waals surface area contributed by atoms with E-state index in [4.69, 9.17) is 23.2 Å². The highest BCUT2D eigenvalue weighted by atomic mass is 35.5. The summed E-state index contributed by atoms with van der Waals surface area (Å²) in [4.78, 5) is 14.0. The minimum absolute atomic E-state index is 0.129. The van der Waals surface area contributed by atoms with Gasteiger partial charge in [-0.05, 0) is 50.4 Å². The van der Waals surface area contributed by atoms with Gasteiger partial charge in [-0.3, -0.25) is 9.69 Å². The zero-order valence-electron chi connectivity index (χ0n) is 12.5. The van der Waals surface area contributed by atoms with Gasteiger partial charge in [0.2, 0.25) is 5.91 Å². The van der Waals surface area contributed by atoms with E-state index in [2.05, 4.69) is 11.4 Å². The van der Waals surface area contributed by atoms with E-state index in [1.54, 1.807) is 12.1 Å². The first-order chi connectivity index (χ1) is 10.4. The molecule has 1 fully saturated rings. The molecule has 0 spiro atoms. The van der Waals surface area contributed by atoms with E-state index in [0.717, 1.165) is 31.2 Å². The Morgan fingerprint density at radius 3 is 2.68 bits per heavy atom. The van der Waals surface area contributed by atoms with E-state index in [1.807, 2.05) is 18.0 Å².